The molecule has 4 unspecified atom stereocenters. The highest BCUT2D eigenvalue weighted by Crippen LogP contribution is 2.42. The maximum Gasteiger partial charge on any atom is -0.0134 e. The molecular weight excluding hydrogens is 144 g/mol. The van der Waals surface area contributed by atoms with Crippen LogP contribution in [0.3, 0.4) is 0 Å². The van der Waals surface area contributed by atoms with E-state index in [1.807, 2.05) is 0 Å². The van der Waals surface area contributed by atoms with E-state index in [1.54, 1.807) is 0 Å². The zero-order valence-electron chi connectivity index (χ0n) is 8.03. The van der Waals surface area contributed by atoms with Gasteiger partial charge in [0.2, 0.25) is 0 Å². The standard InChI is InChI=1S/C12H18/c1-3-10-5-4-6-11-9(2)7-8-12(10)11/h4-5,7-12H,3,6H2,1-2H3. The van der Waals surface area contributed by atoms with Crippen LogP contribution in [0.5, 0.6) is 0 Å². The third-order valence-corrected chi connectivity index (χ3v) is 3.56. The lowest BCUT2D eigenvalue weighted by Crippen LogP contribution is -2.23. The van der Waals surface area contributed by atoms with Gasteiger partial charge in [0.15, 0.2) is 0 Å². The Bertz CT molecular complexity index is 212. The molecule has 4 atom stereocenters. The fourth-order valence-corrected chi connectivity index (χ4v) is 2.72. The van der Waals surface area contributed by atoms with Crippen molar-refractivity contribution < 1.29 is 0 Å². The maximum absolute atomic E-state index is 2.45. The Morgan fingerprint density at radius 1 is 1.25 bits per heavy atom. The van der Waals surface area contributed by atoms with Gasteiger partial charge in [0.1, 0.15) is 0 Å². The number of hydrogen-bond acceptors (Lipinski definition) is 0. The summed E-state index contributed by atoms with van der Waals surface area (Å²) in [5.74, 6) is 3.41. The molecule has 0 heteroatoms. The Labute approximate surface area is 75.4 Å². The summed E-state index contributed by atoms with van der Waals surface area (Å²) in [6.45, 7) is 4.65. The quantitative estimate of drug-likeness (QED) is 0.518. The van der Waals surface area contributed by atoms with Gasteiger partial charge >= 0.3 is 0 Å². The SMILES string of the molecule is CCC1C=CCC2C(C)C=CC12. The molecule has 66 valence electrons. The molecule has 2 rings (SSSR count). The summed E-state index contributed by atoms with van der Waals surface area (Å²) in [6, 6.07) is 0. The minimum Gasteiger partial charge on any atom is -0.0879 e. The van der Waals surface area contributed by atoms with Crippen molar-refractivity contribution in [3.05, 3.63) is 24.3 Å². The molecule has 0 fully saturated rings. The minimum absolute atomic E-state index is 0.814. The molecule has 12 heavy (non-hydrogen) atoms. The van der Waals surface area contributed by atoms with E-state index in [9.17, 15) is 0 Å². The van der Waals surface area contributed by atoms with Crippen LogP contribution < -0.4 is 0 Å². The van der Waals surface area contributed by atoms with Crippen LogP contribution in [0.4, 0.5) is 0 Å². The second-order valence-corrected chi connectivity index (χ2v) is 4.22. The topological polar surface area (TPSA) is 0 Å². The average molecular weight is 162 g/mol. The number of fused-ring (bicyclic) bond motifs is 1. The first-order valence-corrected chi connectivity index (χ1v) is 5.18. The number of allylic oxidation sites excluding steroid dienone is 4. The summed E-state index contributed by atoms with van der Waals surface area (Å²) in [6.07, 6.45) is 12.3. The molecular formula is C12H18. The first-order valence-electron chi connectivity index (χ1n) is 5.18. The van der Waals surface area contributed by atoms with Crippen LogP contribution in [-0.4, -0.2) is 0 Å². The van der Waals surface area contributed by atoms with Crippen LogP contribution in [0.15, 0.2) is 24.3 Å². The fraction of sp³-hybridized carbons (Fsp3) is 0.667. The van der Waals surface area contributed by atoms with Gasteiger partial charge in [-0.1, -0.05) is 38.2 Å². The first-order chi connectivity index (χ1) is 5.83. The normalized spacial score (nSPS) is 44.8. The van der Waals surface area contributed by atoms with Crippen LogP contribution >= 0.6 is 0 Å². The molecule has 0 amide bonds. The van der Waals surface area contributed by atoms with E-state index in [1.165, 1.54) is 12.8 Å². The molecule has 0 saturated carbocycles. The van der Waals surface area contributed by atoms with Gasteiger partial charge in [-0.3, -0.25) is 0 Å². The van der Waals surface area contributed by atoms with Crippen molar-refractivity contribution in [3.63, 3.8) is 0 Å². The highest BCUT2D eigenvalue weighted by molar-refractivity contribution is 5.14. The Balaban J connectivity index is 2.17. The fourth-order valence-electron chi connectivity index (χ4n) is 2.72. The van der Waals surface area contributed by atoms with Crippen LogP contribution in [0, 0.1) is 23.7 Å². The lowest BCUT2D eigenvalue weighted by atomic mass is 9.74. The van der Waals surface area contributed by atoms with E-state index < -0.39 is 0 Å². The van der Waals surface area contributed by atoms with Gasteiger partial charge in [-0.25, -0.2) is 0 Å². The van der Waals surface area contributed by atoms with Gasteiger partial charge in [0.25, 0.3) is 0 Å². The van der Waals surface area contributed by atoms with Gasteiger partial charge in [0, 0.05) is 0 Å². The summed E-state index contributed by atoms with van der Waals surface area (Å²) in [4.78, 5) is 0. The molecule has 0 N–H and O–H groups in total. The summed E-state index contributed by atoms with van der Waals surface area (Å²) < 4.78 is 0. The lowest BCUT2D eigenvalue weighted by Gasteiger charge is -2.30. The second-order valence-electron chi connectivity index (χ2n) is 4.22. The second kappa shape index (κ2) is 3.08. The van der Waals surface area contributed by atoms with Gasteiger partial charge in [-0.05, 0) is 36.5 Å². The summed E-state index contributed by atoms with van der Waals surface area (Å²) in [5.41, 5.74) is 0. The van der Waals surface area contributed by atoms with E-state index in [-0.39, 0.29) is 0 Å². The van der Waals surface area contributed by atoms with E-state index in [0.717, 1.165) is 23.7 Å². The summed E-state index contributed by atoms with van der Waals surface area (Å²) >= 11 is 0. The van der Waals surface area contributed by atoms with Crippen molar-refractivity contribution in [3.8, 4) is 0 Å². The van der Waals surface area contributed by atoms with Crippen LogP contribution in [-0.2, 0) is 0 Å². The van der Waals surface area contributed by atoms with E-state index in [2.05, 4.69) is 38.2 Å². The Morgan fingerprint density at radius 3 is 2.83 bits per heavy atom. The molecule has 0 heterocycles. The molecule has 2 aliphatic carbocycles. The van der Waals surface area contributed by atoms with Gasteiger partial charge in [0.05, 0.1) is 0 Å². The molecule has 2 aliphatic rings. The van der Waals surface area contributed by atoms with Gasteiger partial charge < -0.3 is 0 Å². The summed E-state index contributed by atoms with van der Waals surface area (Å²) in [5, 5.41) is 0. The lowest BCUT2D eigenvalue weighted by molar-refractivity contribution is 0.274. The molecule has 0 aliphatic heterocycles. The van der Waals surface area contributed by atoms with E-state index in [0.29, 0.717) is 0 Å². The van der Waals surface area contributed by atoms with Crippen molar-refractivity contribution >= 4 is 0 Å². The number of rotatable bonds is 1. The van der Waals surface area contributed by atoms with Crippen molar-refractivity contribution in [2.45, 2.75) is 26.7 Å². The molecule has 0 saturated heterocycles. The zero-order valence-corrected chi connectivity index (χ0v) is 8.03. The Morgan fingerprint density at radius 2 is 2.08 bits per heavy atom. The predicted octanol–water partition coefficient (Wildman–Crippen LogP) is 3.41. The highest BCUT2D eigenvalue weighted by Gasteiger charge is 2.33. The minimum atomic E-state index is 0.814. The third kappa shape index (κ3) is 1.14. The average Bonchev–Trinajstić information content (AvgIpc) is 2.48. The molecule has 0 spiro atoms. The van der Waals surface area contributed by atoms with Crippen molar-refractivity contribution in [1.82, 2.24) is 0 Å². The van der Waals surface area contributed by atoms with E-state index in [4.69, 9.17) is 0 Å². The maximum atomic E-state index is 2.45. The predicted molar refractivity (Wildman–Crippen MR) is 52.8 cm³/mol. The van der Waals surface area contributed by atoms with Crippen LogP contribution in [0.25, 0.3) is 0 Å². The molecule has 0 aromatic rings. The van der Waals surface area contributed by atoms with Gasteiger partial charge in [-0.15, -0.1) is 0 Å². The molecule has 0 aromatic heterocycles. The Hall–Kier alpha value is -0.520. The smallest absolute Gasteiger partial charge is 0.0134 e. The third-order valence-electron chi connectivity index (χ3n) is 3.56. The summed E-state index contributed by atoms with van der Waals surface area (Å²) in [7, 11) is 0. The molecule has 0 bridgehead atoms. The highest BCUT2D eigenvalue weighted by atomic mass is 14.4. The number of hydrogen-bond donors (Lipinski definition) is 0. The molecule has 0 nitrogen and oxygen atoms in total. The largest absolute Gasteiger partial charge is 0.0879 e. The first kappa shape index (κ1) is 8.10. The van der Waals surface area contributed by atoms with Crippen LogP contribution in [0.1, 0.15) is 26.7 Å². The molecule has 0 radical (unpaired) electrons. The van der Waals surface area contributed by atoms with Crippen molar-refractivity contribution in [2.75, 3.05) is 0 Å². The van der Waals surface area contributed by atoms with Crippen molar-refractivity contribution in [2.24, 2.45) is 23.7 Å². The van der Waals surface area contributed by atoms with E-state index >= 15 is 0 Å². The Kier molecular flexibility index (Phi) is 2.08. The zero-order chi connectivity index (χ0) is 8.55. The van der Waals surface area contributed by atoms with Crippen molar-refractivity contribution in [1.29, 1.82) is 0 Å². The monoisotopic (exact) mass is 162 g/mol. The molecule has 0 aromatic carbocycles. The van der Waals surface area contributed by atoms with Gasteiger partial charge in [-0.2, -0.15) is 0 Å². The van der Waals surface area contributed by atoms with Crippen LogP contribution in [0.2, 0.25) is 0 Å².